The maximum atomic E-state index is 13.7. The lowest BCUT2D eigenvalue weighted by molar-refractivity contribution is -0.159. The Morgan fingerprint density at radius 3 is 2.17 bits per heavy atom. The van der Waals surface area contributed by atoms with Crippen LogP contribution in [0.15, 0.2) is 76.8 Å². The molecule has 4 aromatic rings. The van der Waals surface area contributed by atoms with E-state index in [0.29, 0.717) is 22.8 Å². The van der Waals surface area contributed by atoms with Gasteiger partial charge in [-0.2, -0.15) is 0 Å². The van der Waals surface area contributed by atoms with E-state index < -0.39 is 21.8 Å². The maximum Gasteiger partial charge on any atom is 0.414 e. The van der Waals surface area contributed by atoms with E-state index in [9.17, 15) is 8.42 Å². The van der Waals surface area contributed by atoms with E-state index >= 15 is 0 Å². The number of rotatable bonds is 11. The Morgan fingerprint density at radius 1 is 0.913 bits per heavy atom. The third-order valence-corrected chi connectivity index (χ3v) is 9.68. The van der Waals surface area contributed by atoms with Gasteiger partial charge in [-0.3, -0.25) is 4.90 Å². The molecule has 12 heteroatoms. The first kappa shape index (κ1) is 34.3. The number of pyridine rings is 1. The standard InChI is InChI=1S/C32H38N2O5S.C2H2O4/c1-23(2)28-22-34-16-6-5-9-29(34)32(28)40(35,36)27-12-10-26(11-13-27)39-18-8-7-15-33-17-14-24-19-30(37-3)31(38-4)20-25(24)21-33;3-1(4)2(5)6/h5-6,9-13,16,19-20,22-23H,7-8,14-15,17-18,21H2,1-4H3;(H,3,4)(H,5,6). The number of aromatic nitrogens is 1. The molecule has 0 unspecified atom stereocenters. The first-order valence-electron chi connectivity index (χ1n) is 15.0. The molecular formula is C34H40N2O9S. The van der Waals surface area contributed by atoms with Crippen LogP contribution in [0.4, 0.5) is 0 Å². The molecule has 0 aliphatic carbocycles. The predicted octanol–water partition coefficient (Wildman–Crippen LogP) is 5.29. The number of sulfone groups is 1. The third-order valence-electron chi connectivity index (χ3n) is 7.81. The number of carboxylic acid groups (broad SMARTS) is 2. The van der Waals surface area contributed by atoms with E-state index in [0.717, 1.165) is 56.0 Å². The number of methoxy groups -OCH3 is 2. The van der Waals surface area contributed by atoms with Crippen molar-refractivity contribution in [1.29, 1.82) is 0 Å². The molecule has 2 aromatic heterocycles. The number of unbranched alkanes of at least 4 members (excludes halogenated alkanes) is 1. The third kappa shape index (κ3) is 7.99. The summed E-state index contributed by atoms with van der Waals surface area (Å²) in [6.45, 7) is 7.55. The van der Waals surface area contributed by atoms with Crippen LogP contribution in [0.3, 0.4) is 0 Å². The zero-order valence-electron chi connectivity index (χ0n) is 26.4. The lowest BCUT2D eigenvalue weighted by Gasteiger charge is -2.29. The van der Waals surface area contributed by atoms with Crippen molar-refractivity contribution in [3.8, 4) is 17.2 Å². The number of hydrogen-bond acceptors (Lipinski definition) is 8. The maximum absolute atomic E-state index is 13.7. The number of ether oxygens (including phenoxy) is 3. The van der Waals surface area contributed by atoms with Crippen LogP contribution in [-0.2, 0) is 32.4 Å². The first-order chi connectivity index (χ1) is 22.0. The van der Waals surface area contributed by atoms with Crippen molar-refractivity contribution < 1.29 is 42.4 Å². The SMILES string of the molecule is COc1cc2c(cc1OC)CN(CCCCOc1ccc(S(=O)(=O)c3c(C(C)C)cn4ccccc34)cc1)CC2.O=C(O)C(=O)O. The van der Waals surface area contributed by atoms with Crippen molar-refractivity contribution in [2.75, 3.05) is 33.9 Å². The molecule has 5 rings (SSSR count). The van der Waals surface area contributed by atoms with Gasteiger partial charge in [-0.05, 0) is 96.9 Å². The summed E-state index contributed by atoms with van der Waals surface area (Å²) in [5.41, 5.74) is 4.14. The summed E-state index contributed by atoms with van der Waals surface area (Å²) < 4.78 is 46.1. The molecule has 0 saturated heterocycles. The molecule has 0 fully saturated rings. The first-order valence-corrected chi connectivity index (χ1v) is 16.4. The van der Waals surface area contributed by atoms with Crippen molar-refractivity contribution in [3.63, 3.8) is 0 Å². The smallest absolute Gasteiger partial charge is 0.414 e. The van der Waals surface area contributed by atoms with E-state index in [1.807, 2.05) is 48.8 Å². The largest absolute Gasteiger partial charge is 0.494 e. The van der Waals surface area contributed by atoms with Gasteiger partial charge in [0.15, 0.2) is 11.5 Å². The highest BCUT2D eigenvalue weighted by Gasteiger charge is 2.27. The lowest BCUT2D eigenvalue weighted by Crippen LogP contribution is -2.31. The van der Waals surface area contributed by atoms with Crippen molar-refractivity contribution in [3.05, 3.63) is 83.7 Å². The summed E-state index contributed by atoms with van der Waals surface area (Å²) in [5, 5.41) is 14.8. The fourth-order valence-electron chi connectivity index (χ4n) is 5.41. The van der Waals surface area contributed by atoms with Crippen molar-refractivity contribution in [2.45, 2.75) is 55.4 Å². The van der Waals surface area contributed by atoms with Gasteiger partial charge in [0.1, 0.15) is 10.6 Å². The van der Waals surface area contributed by atoms with Crippen molar-refractivity contribution >= 4 is 27.3 Å². The lowest BCUT2D eigenvalue weighted by atomic mass is 9.98. The van der Waals surface area contributed by atoms with Crippen LogP contribution in [0, 0.1) is 0 Å². The van der Waals surface area contributed by atoms with E-state index in [1.54, 1.807) is 38.5 Å². The molecule has 3 heterocycles. The molecule has 1 aliphatic rings. The van der Waals surface area contributed by atoms with Crippen molar-refractivity contribution in [1.82, 2.24) is 9.30 Å². The summed E-state index contributed by atoms with van der Waals surface area (Å²) in [7, 11) is -0.340. The second kappa shape index (κ2) is 15.2. The number of fused-ring (bicyclic) bond motifs is 2. The molecule has 0 atom stereocenters. The molecule has 46 heavy (non-hydrogen) atoms. The number of carbonyl (C=O) groups is 2. The zero-order valence-corrected chi connectivity index (χ0v) is 27.2. The van der Waals surface area contributed by atoms with Gasteiger partial charge in [0.2, 0.25) is 9.84 Å². The molecule has 2 aromatic carbocycles. The Hall–Kier alpha value is -4.55. The summed E-state index contributed by atoms with van der Waals surface area (Å²) in [6, 6.07) is 16.6. The van der Waals surface area contributed by atoms with Crippen LogP contribution >= 0.6 is 0 Å². The Kier molecular flexibility index (Phi) is 11.3. The molecule has 0 radical (unpaired) electrons. The molecule has 246 valence electrons. The van der Waals surface area contributed by atoms with Gasteiger partial charge in [0, 0.05) is 25.5 Å². The van der Waals surface area contributed by atoms with Crippen LogP contribution in [-0.4, -0.2) is 73.8 Å². The molecule has 2 N–H and O–H groups in total. The number of nitrogens with zero attached hydrogens (tertiary/aromatic N) is 2. The summed E-state index contributed by atoms with van der Waals surface area (Å²) >= 11 is 0. The number of carboxylic acids is 2. The average molecular weight is 653 g/mol. The Labute approximate surface area is 268 Å². The molecule has 0 spiro atoms. The van der Waals surface area contributed by atoms with Gasteiger partial charge < -0.3 is 28.8 Å². The minimum Gasteiger partial charge on any atom is -0.494 e. The molecule has 0 bridgehead atoms. The minimum absolute atomic E-state index is 0.0818. The molecule has 11 nitrogen and oxygen atoms in total. The topological polar surface area (TPSA) is 144 Å². The minimum atomic E-state index is -3.68. The summed E-state index contributed by atoms with van der Waals surface area (Å²) in [4.78, 5) is 21.3. The van der Waals surface area contributed by atoms with Gasteiger partial charge in [0.05, 0.1) is 31.2 Å². The van der Waals surface area contributed by atoms with Crippen LogP contribution in [0.5, 0.6) is 17.2 Å². The fourth-order valence-corrected chi connectivity index (χ4v) is 7.19. The van der Waals surface area contributed by atoms with Crippen LogP contribution < -0.4 is 14.2 Å². The van der Waals surface area contributed by atoms with E-state index in [4.69, 9.17) is 34.0 Å². The van der Waals surface area contributed by atoms with Crippen LogP contribution in [0.1, 0.15) is 49.3 Å². The van der Waals surface area contributed by atoms with E-state index in [-0.39, 0.29) is 10.8 Å². The molecule has 1 aliphatic heterocycles. The number of benzene rings is 2. The average Bonchev–Trinajstić information content (AvgIpc) is 3.45. The fraction of sp³-hybridized carbons (Fsp3) is 0.353. The molecule has 0 saturated carbocycles. The van der Waals surface area contributed by atoms with Crippen LogP contribution in [0.2, 0.25) is 0 Å². The van der Waals surface area contributed by atoms with Gasteiger partial charge in [0.25, 0.3) is 0 Å². The Bertz CT molecular complexity index is 1770. The highest BCUT2D eigenvalue weighted by atomic mass is 32.2. The summed E-state index contributed by atoms with van der Waals surface area (Å²) in [5.74, 6) is -1.32. The number of hydrogen-bond donors (Lipinski definition) is 2. The second-order valence-electron chi connectivity index (χ2n) is 11.2. The van der Waals surface area contributed by atoms with E-state index in [2.05, 4.69) is 17.0 Å². The van der Waals surface area contributed by atoms with Crippen LogP contribution in [0.25, 0.3) is 5.52 Å². The normalized spacial score (nSPS) is 13.1. The Morgan fingerprint density at radius 2 is 1.57 bits per heavy atom. The van der Waals surface area contributed by atoms with Gasteiger partial charge in [-0.15, -0.1) is 0 Å². The number of aliphatic carboxylic acids is 2. The van der Waals surface area contributed by atoms with Gasteiger partial charge in [-0.25, -0.2) is 18.0 Å². The zero-order chi connectivity index (χ0) is 33.4. The molecular weight excluding hydrogens is 612 g/mol. The highest BCUT2D eigenvalue weighted by molar-refractivity contribution is 7.91. The van der Waals surface area contributed by atoms with E-state index in [1.165, 1.54) is 11.1 Å². The van der Waals surface area contributed by atoms with Gasteiger partial charge >= 0.3 is 11.9 Å². The quantitative estimate of drug-likeness (QED) is 0.162. The Balaban J connectivity index is 0.000000731. The second-order valence-corrected chi connectivity index (χ2v) is 13.1. The predicted molar refractivity (Wildman–Crippen MR) is 172 cm³/mol. The summed E-state index contributed by atoms with van der Waals surface area (Å²) in [6.07, 6.45) is 6.74. The van der Waals surface area contributed by atoms with Crippen molar-refractivity contribution in [2.24, 2.45) is 0 Å². The monoisotopic (exact) mass is 652 g/mol. The highest BCUT2D eigenvalue weighted by Crippen LogP contribution is 2.35. The molecule has 0 amide bonds. The van der Waals surface area contributed by atoms with Gasteiger partial charge in [-0.1, -0.05) is 19.9 Å².